The molecule has 1 aliphatic rings. The van der Waals surface area contributed by atoms with Crippen molar-refractivity contribution in [2.75, 3.05) is 32.9 Å². The Morgan fingerprint density at radius 2 is 1.16 bits per heavy atom. The highest BCUT2D eigenvalue weighted by Gasteiger charge is 2.30. The number of alkyl carbamates (subject to hydrolysis) is 3. The van der Waals surface area contributed by atoms with Crippen LogP contribution in [0.5, 0.6) is 0 Å². The minimum absolute atomic E-state index is 0.0257. The minimum Gasteiger partial charge on any atom is -0.460 e. The summed E-state index contributed by atoms with van der Waals surface area (Å²) in [7, 11) is 0. The van der Waals surface area contributed by atoms with Gasteiger partial charge in [0.1, 0.15) is 43.1 Å². The Kier molecular flexibility index (Phi) is 19.7. The maximum absolute atomic E-state index is 12.7. The first-order chi connectivity index (χ1) is 26.5. The number of nitrogens with one attached hydrogen (secondary N) is 3. The van der Waals surface area contributed by atoms with E-state index in [1.54, 1.807) is 41.5 Å². The molecule has 0 spiro atoms. The number of nitrogens with two attached hydrogens (primary N) is 1. The summed E-state index contributed by atoms with van der Waals surface area (Å²) in [6.45, 7) is 18.8. The van der Waals surface area contributed by atoms with Crippen LogP contribution in [0, 0.1) is 0 Å². The number of carbonyl (C=O) groups is 5. The largest absolute Gasteiger partial charge is 0.460 e. The van der Waals surface area contributed by atoms with Gasteiger partial charge in [0.25, 0.3) is 0 Å². The highest BCUT2D eigenvalue weighted by Crippen LogP contribution is 2.44. The Labute approximate surface area is 330 Å². The molecule has 5 N–H and O–H groups in total. The van der Waals surface area contributed by atoms with Crippen molar-refractivity contribution in [3.63, 3.8) is 0 Å². The third-order valence-corrected chi connectivity index (χ3v) is 7.86. The highest BCUT2D eigenvalue weighted by molar-refractivity contribution is 5.82. The maximum Gasteiger partial charge on any atom is 0.407 e. The molecular formula is C42H60N4O10. The van der Waals surface area contributed by atoms with Gasteiger partial charge >= 0.3 is 30.2 Å². The Morgan fingerprint density at radius 1 is 0.679 bits per heavy atom. The quantitative estimate of drug-likeness (QED) is 0.0547. The van der Waals surface area contributed by atoms with Crippen LogP contribution in [-0.4, -0.2) is 86.4 Å². The second kappa shape index (κ2) is 23.5. The van der Waals surface area contributed by atoms with Crippen LogP contribution in [0.3, 0.4) is 0 Å². The first-order valence-corrected chi connectivity index (χ1v) is 18.8. The van der Waals surface area contributed by atoms with E-state index in [1.165, 1.54) is 12.2 Å². The molecule has 2 aromatic carbocycles. The summed E-state index contributed by atoms with van der Waals surface area (Å²) < 4.78 is 25.8. The van der Waals surface area contributed by atoms with Gasteiger partial charge in [-0.2, -0.15) is 0 Å². The van der Waals surface area contributed by atoms with Crippen LogP contribution < -0.4 is 21.7 Å². The zero-order chi connectivity index (χ0) is 41.7. The van der Waals surface area contributed by atoms with Gasteiger partial charge in [0.05, 0.1) is 0 Å². The number of amides is 3. The number of unbranched alkanes of at least 4 members (excludes halogenated alkanes) is 1. The summed E-state index contributed by atoms with van der Waals surface area (Å²) >= 11 is 0. The van der Waals surface area contributed by atoms with E-state index in [0.717, 1.165) is 35.1 Å². The number of esters is 2. The maximum atomic E-state index is 12.7. The standard InChI is InChI=1S/C28H34N2O6.C14H26N2O4/c1-5-17-34-25(31)24(15-10-16-29-26(32)36-28(2,3)4)30-27(33)35-18-23-21-13-8-6-11-19(21)20-12-7-9-14-22(20)23;1-5-10-19-12(17)11(15)8-6-7-9-16-13(18)20-14(2,3)4/h5-9,11-14,23-24H,1,10,15-18H2,2-4H3,(H,29,32)(H,30,33);5,11H,1,6-10,15H2,2-4H3,(H,16,18). The lowest BCUT2D eigenvalue weighted by molar-refractivity contribution is -0.145. The summed E-state index contributed by atoms with van der Waals surface area (Å²) in [6, 6.07) is 14.5. The van der Waals surface area contributed by atoms with Crippen LogP contribution in [0.2, 0.25) is 0 Å². The van der Waals surface area contributed by atoms with Crippen molar-refractivity contribution >= 4 is 30.2 Å². The van der Waals surface area contributed by atoms with E-state index in [2.05, 4.69) is 41.2 Å². The van der Waals surface area contributed by atoms with Gasteiger partial charge in [0.2, 0.25) is 0 Å². The lowest BCUT2D eigenvalue weighted by atomic mass is 9.98. The smallest absolute Gasteiger partial charge is 0.407 e. The Balaban J connectivity index is 0.000000461. The van der Waals surface area contributed by atoms with Gasteiger partial charge < -0.3 is 45.4 Å². The molecule has 3 amide bonds. The predicted octanol–water partition coefficient (Wildman–Crippen LogP) is 6.67. The monoisotopic (exact) mass is 780 g/mol. The molecule has 56 heavy (non-hydrogen) atoms. The van der Waals surface area contributed by atoms with Crippen molar-refractivity contribution in [2.45, 2.75) is 103 Å². The number of carbonyl (C=O) groups excluding carboxylic acids is 5. The number of fused-ring (bicyclic) bond motifs is 3. The SMILES string of the molecule is C=CCOC(=O)C(CCCNC(=O)OC(C)(C)C)NC(=O)OCC1c2ccccc2-c2ccccc21.C=CCOC(=O)C(N)CCCCNC(=O)OC(C)(C)C. The normalized spacial score (nSPS) is 12.8. The van der Waals surface area contributed by atoms with Crippen molar-refractivity contribution in [1.29, 1.82) is 0 Å². The first-order valence-electron chi connectivity index (χ1n) is 18.8. The molecule has 3 rings (SSSR count). The molecule has 1 aliphatic carbocycles. The fourth-order valence-electron chi connectivity index (χ4n) is 5.44. The van der Waals surface area contributed by atoms with Crippen LogP contribution >= 0.6 is 0 Å². The molecule has 2 atom stereocenters. The molecule has 14 heteroatoms. The average Bonchev–Trinajstić information content (AvgIpc) is 3.45. The van der Waals surface area contributed by atoms with E-state index in [1.807, 2.05) is 36.4 Å². The molecule has 0 heterocycles. The van der Waals surface area contributed by atoms with Crippen LogP contribution in [0.25, 0.3) is 11.1 Å². The molecule has 14 nitrogen and oxygen atoms in total. The minimum atomic E-state index is -0.930. The molecule has 0 aromatic heterocycles. The van der Waals surface area contributed by atoms with E-state index in [4.69, 9.17) is 29.4 Å². The van der Waals surface area contributed by atoms with Gasteiger partial charge in [-0.3, -0.25) is 4.79 Å². The van der Waals surface area contributed by atoms with E-state index < -0.39 is 53.5 Å². The van der Waals surface area contributed by atoms with Crippen molar-refractivity contribution < 1.29 is 47.7 Å². The van der Waals surface area contributed by atoms with Crippen molar-refractivity contribution in [1.82, 2.24) is 16.0 Å². The summed E-state index contributed by atoms with van der Waals surface area (Å²) in [5, 5.41) is 7.89. The van der Waals surface area contributed by atoms with Gasteiger partial charge in [-0.15, -0.1) is 0 Å². The highest BCUT2D eigenvalue weighted by atomic mass is 16.6. The Bertz CT molecular complexity index is 1570. The summed E-state index contributed by atoms with van der Waals surface area (Å²) in [5.74, 6) is -1.11. The third kappa shape index (κ3) is 17.8. The second-order valence-electron chi connectivity index (χ2n) is 15.0. The van der Waals surface area contributed by atoms with Gasteiger partial charge in [0, 0.05) is 19.0 Å². The predicted molar refractivity (Wildman–Crippen MR) is 214 cm³/mol. The fraction of sp³-hybridized carbons (Fsp3) is 0.500. The molecule has 2 aromatic rings. The Hall–Kier alpha value is -5.37. The number of hydrogen-bond donors (Lipinski definition) is 4. The molecule has 2 unspecified atom stereocenters. The van der Waals surface area contributed by atoms with Crippen LogP contribution in [0.1, 0.15) is 90.7 Å². The Morgan fingerprint density at radius 3 is 1.66 bits per heavy atom. The number of benzene rings is 2. The lowest BCUT2D eigenvalue weighted by Gasteiger charge is -2.20. The molecule has 0 saturated heterocycles. The molecule has 0 fully saturated rings. The summed E-state index contributed by atoms with van der Waals surface area (Å²) in [6.07, 6.45) is 3.88. The van der Waals surface area contributed by atoms with Gasteiger partial charge in [-0.1, -0.05) is 73.8 Å². The van der Waals surface area contributed by atoms with Crippen LogP contribution in [0.4, 0.5) is 14.4 Å². The molecular weight excluding hydrogens is 720 g/mol. The molecule has 0 bridgehead atoms. The van der Waals surface area contributed by atoms with Crippen molar-refractivity contribution in [3.8, 4) is 11.1 Å². The van der Waals surface area contributed by atoms with Gasteiger partial charge in [0.15, 0.2) is 0 Å². The van der Waals surface area contributed by atoms with E-state index >= 15 is 0 Å². The summed E-state index contributed by atoms with van der Waals surface area (Å²) in [5.41, 5.74) is 9.02. The average molecular weight is 781 g/mol. The fourth-order valence-corrected chi connectivity index (χ4v) is 5.44. The van der Waals surface area contributed by atoms with Crippen LogP contribution in [-0.2, 0) is 33.3 Å². The third-order valence-electron chi connectivity index (χ3n) is 7.86. The van der Waals surface area contributed by atoms with Gasteiger partial charge in [-0.25, -0.2) is 19.2 Å². The topological polar surface area (TPSA) is 194 Å². The first kappa shape index (κ1) is 46.8. The molecule has 308 valence electrons. The number of hydrogen-bond acceptors (Lipinski definition) is 11. The molecule has 0 radical (unpaired) electrons. The van der Waals surface area contributed by atoms with Crippen molar-refractivity contribution in [2.24, 2.45) is 5.73 Å². The summed E-state index contributed by atoms with van der Waals surface area (Å²) in [4.78, 5) is 59.7. The van der Waals surface area contributed by atoms with E-state index in [9.17, 15) is 24.0 Å². The zero-order valence-corrected chi connectivity index (χ0v) is 33.7. The van der Waals surface area contributed by atoms with Crippen LogP contribution in [0.15, 0.2) is 73.8 Å². The van der Waals surface area contributed by atoms with Gasteiger partial charge in [-0.05, 0) is 95.9 Å². The van der Waals surface area contributed by atoms with E-state index in [-0.39, 0.29) is 38.7 Å². The van der Waals surface area contributed by atoms with E-state index in [0.29, 0.717) is 19.4 Å². The lowest BCUT2D eigenvalue weighted by Crippen LogP contribution is -2.43. The van der Waals surface area contributed by atoms with Crippen molar-refractivity contribution in [3.05, 3.63) is 85.0 Å². The second-order valence-corrected chi connectivity index (χ2v) is 15.0. The number of ether oxygens (including phenoxy) is 5. The molecule has 0 aliphatic heterocycles. The number of rotatable bonds is 18. The molecule has 0 saturated carbocycles. The zero-order valence-electron chi connectivity index (χ0n) is 33.7.